The van der Waals surface area contributed by atoms with Gasteiger partial charge in [0.25, 0.3) is 0 Å². The molecule has 0 aliphatic rings. The predicted octanol–water partition coefficient (Wildman–Crippen LogP) is 2.58. The fourth-order valence-electron chi connectivity index (χ4n) is 2.50. The summed E-state index contributed by atoms with van der Waals surface area (Å²) >= 11 is 5.86. The minimum Gasteiger partial charge on any atom is -0.300 e. The van der Waals surface area contributed by atoms with Crippen LogP contribution >= 0.6 is 11.6 Å². The maximum absolute atomic E-state index is 12.0. The van der Waals surface area contributed by atoms with Gasteiger partial charge in [0.05, 0.1) is 5.02 Å². The number of rotatable bonds is 7. The molecule has 2 aromatic rings. The molecule has 21 heavy (non-hydrogen) atoms. The first kappa shape index (κ1) is 15.6. The smallest absolute Gasteiger partial charge is 0.152 e. The Morgan fingerprint density at radius 1 is 1.43 bits per heavy atom. The summed E-state index contributed by atoms with van der Waals surface area (Å²) in [5, 5.41) is 14.6. The summed E-state index contributed by atoms with van der Waals surface area (Å²) < 4.78 is 0. The zero-order chi connectivity index (χ0) is 15.2. The van der Waals surface area contributed by atoms with Gasteiger partial charge in [-0.2, -0.15) is 0 Å². The second-order valence-electron chi connectivity index (χ2n) is 5.07. The highest BCUT2D eigenvalue weighted by Gasteiger charge is 2.29. The van der Waals surface area contributed by atoms with E-state index >= 15 is 0 Å². The summed E-state index contributed by atoms with van der Waals surface area (Å²) in [6.07, 6.45) is 3.93. The molecule has 0 spiro atoms. The Bertz CT molecular complexity index is 570. The lowest BCUT2D eigenvalue weighted by molar-refractivity contribution is -0.121. The average molecular weight is 308 g/mol. The highest BCUT2D eigenvalue weighted by atomic mass is 35.5. The topological polar surface area (TPSA) is 84.4 Å². The van der Waals surface area contributed by atoms with Gasteiger partial charge in [0.1, 0.15) is 5.78 Å². The molecule has 2 heterocycles. The minimum absolute atomic E-state index is 0.105. The van der Waals surface area contributed by atoms with E-state index in [-0.39, 0.29) is 17.6 Å². The second kappa shape index (κ2) is 7.26. The van der Waals surface area contributed by atoms with Crippen molar-refractivity contribution in [3.05, 3.63) is 34.9 Å². The largest absolute Gasteiger partial charge is 0.300 e. The van der Waals surface area contributed by atoms with Crippen molar-refractivity contribution in [2.45, 2.75) is 39.0 Å². The fraction of sp³-hybridized carbons (Fsp3) is 0.500. The number of ketones is 1. The number of aromatic nitrogens is 5. The van der Waals surface area contributed by atoms with E-state index in [2.05, 4.69) is 32.5 Å². The molecule has 1 N–H and O–H groups in total. The van der Waals surface area contributed by atoms with Crippen molar-refractivity contribution in [1.82, 2.24) is 25.6 Å². The first-order valence-corrected chi connectivity index (χ1v) is 7.34. The quantitative estimate of drug-likeness (QED) is 0.850. The van der Waals surface area contributed by atoms with E-state index in [1.165, 1.54) is 0 Å². The second-order valence-corrected chi connectivity index (χ2v) is 5.51. The first-order valence-electron chi connectivity index (χ1n) is 6.96. The fourth-order valence-corrected chi connectivity index (χ4v) is 2.62. The standard InChI is InChI=1S/C14H18ClN5O/c1-3-4-12(9(2)21)13(14-17-19-20-18-14)7-11-6-5-10(15)8-16-11/h5-6,8,12-13H,3-4,7H2,1-2H3,(H,17,18,19,20)/t12-,13+/m1/s1. The van der Waals surface area contributed by atoms with Gasteiger partial charge < -0.3 is 0 Å². The molecule has 0 radical (unpaired) electrons. The van der Waals surface area contributed by atoms with Crippen LogP contribution in [0.4, 0.5) is 0 Å². The number of nitrogens with one attached hydrogen (secondary N) is 1. The van der Waals surface area contributed by atoms with E-state index in [0.29, 0.717) is 17.3 Å². The molecular formula is C14H18ClN5O. The maximum atomic E-state index is 12.0. The number of Topliss-reactive ketones (excluding diaryl/α,β-unsaturated/α-hetero) is 1. The average Bonchev–Trinajstić information content (AvgIpc) is 2.98. The molecule has 2 aromatic heterocycles. The number of nitrogens with zero attached hydrogens (tertiary/aromatic N) is 4. The first-order chi connectivity index (χ1) is 10.1. The molecule has 0 aliphatic carbocycles. The van der Waals surface area contributed by atoms with Crippen LogP contribution in [0.3, 0.4) is 0 Å². The molecule has 0 amide bonds. The highest BCUT2D eigenvalue weighted by molar-refractivity contribution is 6.30. The molecule has 2 rings (SSSR count). The van der Waals surface area contributed by atoms with Crippen LogP contribution in [0.5, 0.6) is 0 Å². The number of carbonyl (C=O) groups is 1. The summed E-state index contributed by atoms with van der Waals surface area (Å²) in [5.41, 5.74) is 0.864. The third-order valence-electron chi connectivity index (χ3n) is 3.54. The van der Waals surface area contributed by atoms with Crippen molar-refractivity contribution in [2.75, 3.05) is 0 Å². The highest BCUT2D eigenvalue weighted by Crippen LogP contribution is 2.29. The number of pyridine rings is 1. The van der Waals surface area contributed by atoms with Crippen molar-refractivity contribution in [3.8, 4) is 0 Å². The van der Waals surface area contributed by atoms with Gasteiger partial charge in [-0.05, 0) is 35.9 Å². The lowest BCUT2D eigenvalue weighted by Crippen LogP contribution is -2.23. The van der Waals surface area contributed by atoms with Gasteiger partial charge >= 0.3 is 0 Å². The van der Waals surface area contributed by atoms with E-state index in [0.717, 1.165) is 18.5 Å². The number of tetrazole rings is 1. The van der Waals surface area contributed by atoms with Crippen LogP contribution in [0.2, 0.25) is 5.02 Å². The lowest BCUT2D eigenvalue weighted by atomic mass is 9.82. The van der Waals surface area contributed by atoms with Crippen molar-refractivity contribution in [1.29, 1.82) is 0 Å². The molecule has 0 aromatic carbocycles. The van der Waals surface area contributed by atoms with Gasteiger partial charge in [-0.15, -0.1) is 5.10 Å². The molecule has 6 nitrogen and oxygen atoms in total. The Balaban J connectivity index is 2.27. The van der Waals surface area contributed by atoms with Gasteiger partial charge in [-0.1, -0.05) is 24.9 Å². The summed E-state index contributed by atoms with van der Waals surface area (Å²) in [6, 6.07) is 3.66. The van der Waals surface area contributed by atoms with Gasteiger partial charge in [0, 0.05) is 30.1 Å². The molecule has 0 unspecified atom stereocenters. The molecule has 0 bridgehead atoms. The van der Waals surface area contributed by atoms with Crippen LogP contribution in [0, 0.1) is 5.92 Å². The summed E-state index contributed by atoms with van der Waals surface area (Å²) in [4.78, 5) is 16.3. The zero-order valence-electron chi connectivity index (χ0n) is 12.1. The Morgan fingerprint density at radius 3 is 2.76 bits per heavy atom. The molecule has 2 atom stereocenters. The molecule has 0 saturated carbocycles. The van der Waals surface area contributed by atoms with E-state index in [1.807, 2.05) is 6.07 Å². The normalized spacial score (nSPS) is 13.9. The van der Waals surface area contributed by atoms with Crippen molar-refractivity contribution >= 4 is 17.4 Å². The number of H-pyrrole nitrogens is 1. The van der Waals surface area contributed by atoms with E-state index in [4.69, 9.17) is 11.6 Å². The van der Waals surface area contributed by atoms with Crippen LogP contribution in [0.1, 0.15) is 44.1 Å². The van der Waals surface area contributed by atoms with Crippen LogP contribution in [-0.2, 0) is 11.2 Å². The molecule has 7 heteroatoms. The van der Waals surface area contributed by atoms with Gasteiger partial charge in [-0.25, -0.2) is 5.10 Å². The van der Waals surface area contributed by atoms with Crippen LogP contribution in [0.15, 0.2) is 18.3 Å². The Kier molecular flexibility index (Phi) is 5.38. The number of carbonyl (C=O) groups excluding carboxylic acids is 1. The third-order valence-corrected chi connectivity index (χ3v) is 3.76. The summed E-state index contributed by atoms with van der Waals surface area (Å²) in [7, 11) is 0. The van der Waals surface area contributed by atoms with E-state index in [1.54, 1.807) is 19.2 Å². The Labute approximate surface area is 128 Å². The Hall–Kier alpha value is -1.82. The van der Waals surface area contributed by atoms with Crippen LogP contribution in [-0.4, -0.2) is 31.4 Å². The molecule has 0 saturated heterocycles. The summed E-state index contributed by atoms with van der Waals surface area (Å²) in [6.45, 7) is 3.68. The van der Waals surface area contributed by atoms with Gasteiger partial charge in [0.15, 0.2) is 5.82 Å². The third kappa shape index (κ3) is 4.07. The Morgan fingerprint density at radius 2 is 2.24 bits per heavy atom. The number of aromatic amines is 1. The van der Waals surface area contributed by atoms with Gasteiger partial charge in [0.2, 0.25) is 0 Å². The monoisotopic (exact) mass is 307 g/mol. The maximum Gasteiger partial charge on any atom is 0.152 e. The number of hydrogen-bond donors (Lipinski definition) is 1. The van der Waals surface area contributed by atoms with E-state index < -0.39 is 0 Å². The molecular weight excluding hydrogens is 290 g/mol. The molecule has 0 aliphatic heterocycles. The molecule has 112 valence electrons. The summed E-state index contributed by atoms with van der Waals surface area (Å²) in [5.74, 6) is 0.543. The van der Waals surface area contributed by atoms with Gasteiger partial charge in [-0.3, -0.25) is 9.78 Å². The predicted molar refractivity (Wildman–Crippen MR) is 78.9 cm³/mol. The SMILES string of the molecule is CCC[C@H](C(C)=O)[C@H](Cc1ccc(Cl)cn1)c1nnn[nH]1. The lowest BCUT2D eigenvalue weighted by Gasteiger charge is -2.22. The van der Waals surface area contributed by atoms with Crippen LogP contribution in [0.25, 0.3) is 0 Å². The number of halogens is 1. The van der Waals surface area contributed by atoms with Crippen molar-refractivity contribution in [3.63, 3.8) is 0 Å². The van der Waals surface area contributed by atoms with Crippen molar-refractivity contribution in [2.24, 2.45) is 5.92 Å². The molecule has 0 fully saturated rings. The van der Waals surface area contributed by atoms with Crippen LogP contribution < -0.4 is 0 Å². The minimum atomic E-state index is -0.123. The van der Waals surface area contributed by atoms with E-state index in [9.17, 15) is 4.79 Å². The number of hydrogen-bond acceptors (Lipinski definition) is 5. The zero-order valence-corrected chi connectivity index (χ0v) is 12.8. The van der Waals surface area contributed by atoms with Crippen molar-refractivity contribution < 1.29 is 4.79 Å².